The van der Waals surface area contributed by atoms with Crippen LogP contribution in [0.1, 0.15) is 0 Å². The van der Waals surface area contributed by atoms with Crippen LogP contribution in [0.3, 0.4) is 0 Å². The molecule has 16 heavy (non-hydrogen) atoms. The maximum absolute atomic E-state index is 13.6. The molecule has 0 aliphatic carbocycles. The van der Waals surface area contributed by atoms with Crippen molar-refractivity contribution in [3.8, 4) is 11.4 Å². The van der Waals surface area contributed by atoms with Crippen LogP contribution in [0.25, 0.3) is 11.4 Å². The van der Waals surface area contributed by atoms with Gasteiger partial charge < -0.3 is 11.1 Å². The van der Waals surface area contributed by atoms with E-state index in [0.717, 1.165) is 0 Å². The van der Waals surface area contributed by atoms with Crippen molar-refractivity contribution in [2.75, 3.05) is 18.1 Å². The second-order valence-electron chi connectivity index (χ2n) is 3.36. The van der Waals surface area contributed by atoms with Crippen LogP contribution in [0, 0.1) is 5.82 Å². The van der Waals surface area contributed by atoms with Crippen LogP contribution in [-0.2, 0) is 7.05 Å². The van der Waals surface area contributed by atoms with E-state index in [1.807, 2.05) is 0 Å². The average molecular weight is 221 g/mol. The van der Waals surface area contributed by atoms with E-state index in [9.17, 15) is 4.39 Å². The SMILES string of the molecule is CNc1nnc(-c2c(N)cccc2F)n1C. The number of hydrogen-bond acceptors (Lipinski definition) is 4. The van der Waals surface area contributed by atoms with Gasteiger partial charge in [0.25, 0.3) is 0 Å². The summed E-state index contributed by atoms with van der Waals surface area (Å²) in [5.74, 6) is 0.552. The molecule has 6 heteroatoms. The molecule has 5 nitrogen and oxygen atoms in total. The highest BCUT2D eigenvalue weighted by atomic mass is 19.1. The third-order valence-corrected chi connectivity index (χ3v) is 2.37. The van der Waals surface area contributed by atoms with Gasteiger partial charge in [0.1, 0.15) is 5.82 Å². The highest BCUT2D eigenvalue weighted by Gasteiger charge is 2.16. The molecule has 0 fully saturated rings. The molecule has 0 saturated carbocycles. The van der Waals surface area contributed by atoms with E-state index in [2.05, 4.69) is 15.5 Å². The lowest BCUT2D eigenvalue weighted by Crippen LogP contribution is -2.02. The zero-order valence-corrected chi connectivity index (χ0v) is 9.03. The molecule has 0 unspecified atom stereocenters. The minimum Gasteiger partial charge on any atom is -0.398 e. The minimum atomic E-state index is -0.404. The second-order valence-corrected chi connectivity index (χ2v) is 3.36. The number of hydrogen-bond donors (Lipinski definition) is 2. The van der Waals surface area contributed by atoms with Crippen molar-refractivity contribution >= 4 is 11.6 Å². The van der Waals surface area contributed by atoms with Gasteiger partial charge in [0.15, 0.2) is 5.82 Å². The first-order valence-corrected chi connectivity index (χ1v) is 4.76. The molecule has 0 radical (unpaired) electrons. The predicted molar refractivity (Wildman–Crippen MR) is 60.4 cm³/mol. The van der Waals surface area contributed by atoms with E-state index < -0.39 is 5.82 Å². The zero-order valence-electron chi connectivity index (χ0n) is 9.03. The highest BCUT2D eigenvalue weighted by molar-refractivity contribution is 5.72. The predicted octanol–water partition coefficient (Wildman–Crippen LogP) is 1.25. The molecule has 0 amide bonds. The fraction of sp³-hybridized carbons (Fsp3) is 0.200. The van der Waals surface area contributed by atoms with Gasteiger partial charge in [0.05, 0.1) is 5.56 Å². The smallest absolute Gasteiger partial charge is 0.224 e. The number of benzene rings is 1. The molecule has 1 aromatic heterocycles. The summed E-state index contributed by atoms with van der Waals surface area (Å²) in [6.45, 7) is 0. The Hall–Kier alpha value is -2.11. The third-order valence-electron chi connectivity index (χ3n) is 2.37. The molecule has 0 bridgehead atoms. The Kier molecular flexibility index (Phi) is 2.47. The molecular formula is C10H12FN5. The summed E-state index contributed by atoms with van der Waals surface area (Å²) in [4.78, 5) is 0. The topological polar surface area (TPSA) is 68.8 Å². The number of nitrogens with one attached hydrogen (secondary N) is 1. The number of aromatic nitrogens is 3. The number of rotatable bonds is 2. The Morgan fingerprint density at radius 1 is 1.38 bits per heavy atom. The van der Waals surface area contributed by atoms with E-state index in [4.69, 9.17) is 5.73 Å². The summed E-state index contributed by atoms with van der Waals surface area (Å²) in [5, 5.41) is 10.6. The Morgan fingerprint density at radius 2 is 2.12 bits per heavy atom. The molecule has 3 N–H and O–H groups in total. The summed E-state index contributed by atoms with van der Waals surface area (Å²) in [6, 6.07) is 4.54. The van der Waals surface area contributed by atoms with Crippen molar-refractivity contribution in [1.29, 1.82) is 0 Å². The van der Waals surface area contributed by atoms with Crippen LogP contribution in [0.2, 0.25) is 0 Å². The maximum atomic E-state index is 13.6. The van der Waals surface area contributed by atoms with E-state index in [-0.39, 0.29) is 5.56 Å². The first kappa shape index (κ1) is 10.4. The van der Waals surface area contributed by atoms with Gasteiger partial charge in [0, 0.05) is 19.8 Å². The number of nitrogens with two attached hydrogens (primary N) is 1. The highest BCUT2D eigenvalue weighted by Crippen LogP contribution is 2.27. The largest absolute Gasteiger partial charge is 0.398 e. The monoisotopic (exact) mass is 221 g/mol. The van der Waals surface area contributed by atoms with Gasteiger partial charge >= 0.3 is 0 Å². The fourth-order valence-electron chi connectivity index (χ4n) is 1.54. The molecule has 1 aromatic carbocycles. The van der Waals surface area contributed by atoms with Gasteiger partial charge in [0.2, 0.25) is 5.95 Å². The molecule has 2 rings (SSSR count). The average Bonchev–Trinajstić information content (AvgIpc) is 2.60. The fourth-order valence-corrected chi connectivity index (χ4v) is 1.54. The van der Waals surface area contributed by atoms with Gasteiger partial charge in [-0.3, -0.25) is 4.57 Å². The van der Waals surface area contributed by atoms with Gasteiger partial charge in [-0.1, -0.05) is 6.07 Å². The molecule has 0 aliphatic heterocycles. The third kappa shape index (κ3) is 1.48. The molecule has 84 valence electrons. The summed E-state index contributed by atoms with van der Waals surface area (Å²) in [6.07, 6.45) is 0. The summed E-state index contributed by atoms with van der Waals surface area (Å²) in [7, 11) is 3.46. The molecule has 0 aliphatic rings. The first-order valence-electron chi connectivity index (χ1n) is 4.76. The zero-order chi connectivity index (χ0) is 11.7. The van der Waals surface area contributed by atoms with E-state index in [1.54, 1.807) is 30.8 Å². The second kappa shape index (κ2) is 3.80. The lowest BCUT2D eigenvalue weighted by atomic mass is 10.1. The Balaban J connectivity index is 2.63. The molecule has 1 heterocycles. The number of halogens is 1. The van der Waals surface area contributed by atoms with Gasteiger partial charge in [-0.15, -0.1) is 10.2 Å². The van der Waals surface area contributed by atoms with Crippen molar-refractivity contribution in [2.45, 2.75) is 0 Å². The van der Waals surface area contributed by atoms with Crippen LogP contribution in [0.15, 0.2) is 18.2 Å². The van der Waals surface area contributed by atoms with Crippen LogP contribution < -0.4 is 11.1 Å². The molecule has 0 atom stereocenters. The minimum absolute atomic E-state index is 0.277. The van der Waals surface area contributed by atoms with Crippen molar-refractivity contribution < 1.29 is 4.39 Å². The van der Waals surface area contributed by atoms with Crippen molar-refractivity contribution in [3.05, 3.63) is 24.0 Å². The van der Waals surface area contributed by atoms with E-state index >= 15 is 0 Å². The van der Waals surface area contributed by atoms with Gasteiger partial charge in [-0.25, -0.2) is 4.39 Å². The Morgan fingerprint density at radius 3 is 2.69 bits per heavy atom. The van der Waals surface area contributed by atoms with E-state index in [1.165, 1.54) is 6.07 Å². The van der Waals surface area contributed by atoms with Crippen molar-refractivity contribution in [3.63, 3.8) is 0 Å². The summed E-state index contributed by atoms with van der Waals surface area (Å²) in [5.41, 5.74) is 6.35. The van der Waals surface area contributed by atoms with Crippen LogP contribution >= 0.6 is 0 Å². The lowest BCUT2D eigenvalue weighted by molar-refractivity contribution is 0.629. The van der Waals surface area contributed by atoms with E-state index in [0.29, 0.717) is 17.5 Å². The van der Waals surface area contributed by atoms with Crippen LogP contribution in [0.5, 0.6) is 0 Å². The van der Waals surface area contributed by atoms with Crippen LogP contribution in [0.4, 0.5) is 16.0 Å². The van der Waals surface area contributed by atoms with Gasteiger partial charge in [-0.2, -0.15) is 0 Å². The Bertz CT molecular complexity index is 500. The summed E-state index contributed by atoms with van der Waals surface area (Å²) >= 11 is 0. The van der Waals surface area contributed by atoms with Crippen molar-refractivity contribution in [1.82, 2.24) is 14.8 Å². The van der Waals surface area contributed by atoms with Crippen LogP contribution in [-0.4, -0.2) is 21.8 Å². The standard InChI is InChI=1S/C10H12FN5/c1-13-10-15-14-9(16(10)2)8-6(11)4-3-5-7(8)12/h3-5H,12H2,1-2H3,(H,13,15). The number of anilines is 2. The van der Waals surface area contributed by atoms with Crippen molar-refractivity contribution in [2.24, 2.45) is 7.05 Å². The molecule has 2 aromatic rings. The first-order chi connectivity index (χ1) is 7.65. The number of nitrogens with zero attached hydrogens (tertiary/aromatic N) is 3. The molecular weight excluding hydrogens is 209 g/mol. The lowest BCUT2D eigenvalue weighted by Gasteiger charge is -2.06. The molecule has 0 spiro atoms. The van der Waals surface area contributed by atoms with Gasteiger partial charge in [-0.05, 0) is 12.1 Å². The number of nitrogen functional groups attached to an aromatic ring is 1. The maximum Gasteiger partial charge on any atom is 0.224 e. The quantitative estimate of drug-likeness (QED) is 0.749. The normalized spacial score (nSPS) is 10.4. The Labute approximate surface area is 92.1 Å². The molecule has 0 saturated heterocycles. The summed E-state index contributed by atoms with van der Waals surface area (Å²) < 4.78 is 15.3.